The highest BCUT2D eigenvalue weighted by atomic mass is 35.5. The van der Waals surface area contributed by atoms with Crippen molar-refractivity contribution in [2.45, 2.75) is 6.42 Å². The van der Waals surface area contributed by atoms with Crippen molar-refractivity contribution in [1.29, 1.82) is 0 Å². The smallest absolute Gasteiger partial charge is 0.270 e. The van der Waals surface area contributed by atoms with Gasteiger partial charge in [-0.25, -0.2) is 4.98 Å². The van der Waals surface area contributed by atoms with Crippen molar-refractivity contribution >= 4 is 39.7 Å². The quantitative estimate of drug-likeness (QED) is 0.400. The maximum atomic E-state index is 12.5. The van der Waals surface area contributed by atoms with Gasteiger partial charge >= 0.3 is 0 Å². The summed E-state index contributed by atoms with van der Waals surface area (Å²) in [7, 11) is 1.62. The predicted molar refractivity (Wildman–Crippen MR) is 103 cm³/mol. The van der Waals surface area contributed by atoms with E-state index >= 15 is 0 Å². The number of amides is 1. The molecule has 1 aliphatic rings. The minimum Gasteiger partial charge on any atom is -0.497 e. The number of ether oxygens (including phenoxy) is 1. The molecular formula is C18H12ClN3O4S. The number of benzene rings is 2. The van der Waals surface area contributed by atoms with E-state index in [0.717, 1.165) is 33.5 Å². The number of carbonyl (C=O) groups excluding carboxylic acids is 1. The number of hydrogen-bond donors (Lipinski definition) is 1. The largest absolute Gasteiger partial charge is 0.497 e. The summed E-state index contributed by atoms with van der Waals surface area (Å²) < 4.78 is 5.24. The monoisotopic (exact) mass is 401 g/mol. The van der Waals surface area contributed by atoms with Crippen LogP contribution in [0, 0.1) is 10.1 Å². The Kier molecular flexibility index (Phi) is 4.29. The number of nitrogens with one attached hydrogen (secondary N) is 1. The van der Waals surface area contributed by atoms with Crippen LogP contribution in [0.4, 0.5) is 10.8 Å². The second-order valence-corrected chi connectivity index (χ2v) is 7.36. The van der Waals surface area contributed by atoms with Gasteiger partial charge in [0.05, 0.1) is 28.3 Å². The fraction of sp³-hybridized carbons (Fsp3) is 0.111. The molecule has 0 saturated heterocycles. The molecule has 2 aromatic carbocycles. The van der Waals surface area contributed by atoms with Gasteiger partial charge in [-0.1, -0.05) is 11.6 Å². The fourth-order valence-corrected chi connectivity index (χ4v) is 4.15. The van der Waals surface area contributed by atoms with E-state index in [9.17, 15) is 14.9 Å². The molecule has 1 amide bonds. The lowest BCUT2D eigenvalue weighted by Crippen LogP contribution is -2.12. The topological polar surface area (TPSA) is 94.4 Å². The van der Waals surface area contributed by atoms with Gasteiger partial charge in [0.2, 0.25) is 0 Å². The summed E-state index contributed by atoms with van der Waals surface area (Å²) in [5, 5.41) is 14.2. The van der Waals surface area contributed by atoms with Crippen LogP contribution >= 0.6 is 22.9 Å². The van der Waals surface area contributed by atoms with Crippen LogP contribution in [0.25, 0.3) is 11.3 Å². The van der Waals surface area contributed by atoms with Gasteiger partial charge in [0, 0.05) is 29.0 Å². The van der Waals surface area contributed by atoms with Gasteiger partial charge in [-0.3, -0.25) is 20.2 Å². The molecule has 7 nitrogen and oxygen atoms in total. The maximum Gasteiger partial charge on any atom is 0.270 e. The number of nitrogens with zero attached hydrogens (tertiary/aromatic N) is 2. The average molecular weight is 402 g/mol. The zero-order valence-corrected chi connectivity index (χ0v) is 15.6. The van der Waals surface area contributed by atoms with Crippen LogP contribution in [0.15, 0.2) is 36.4 Å². The van der Waals surface area contributed by atoms with Crippen LogP contribution in [0.5, 0.6) is 5.75 Å². The van der Waals surface area contributed by atoms with Crippen LogP contribution in [0.1, 0.15) is 20.8 Å². The number of thiazole rings is 1. The molecule has 0 bridgehead atoms. The summed E-state index contributed by atoms with van der Waals surface area (Å²) in [6, 6.07) is 9.53. The second kappa shape index (κ2) is 6.64. The van der Waals surface area contributed by atoms with Crippen molar-refractivity contribution in [3.05, 3.63) is 67.5 Å². The number of nitro groups is 1. The summed E-state index contributed by atoms with van der Waals surface area (Å²) in [5.41, 5.74) is 2.80. The summed E-state index contributed by atoms with van der Waals surface area (Å²) in [4.78, 5) is 28.4. The Balaban J connectivity index is 1.60. The van der Waals surface area contributed by atoms with E-state index in [-0.39, 0.29) is 16.3 Å². The van der Waals surface area contributed by atoms with Crippen molar-refractivity contribution < 1.29 is 14.5 Å². The third kappa shape index (κ3) is 3.13. The van der Waals surface area contributed by atoms with Gasteiger partial charge < -0.3 is 4.74 Å². The van der Waals surface area contributed by atoms with E-state index in [0.29, 0.717) is 11.6 Å². The van der Waals surface area contributed by atoms with Gasteiger partial charge in [0.25, 0.3) is 11.6 Å². The lowest BCUT2D eigenvalue weighted by atomic mass is 10.1. The van der Waals surface area contributed by atoms with Crippen molar-refractivity contribution in [2.24, 2.45) is 0 Å². The van der Waals surface area contributed by atoms with Crippen LogP contribution < -0.4 is 10.1 Å². The molecule has 4 rings (SSSR count). The number of aromatic nitrogens is 1. The van der Waals surface area contributed by atoms with Gasteiger partial charge in [0.15, 0.2) is 5.13 Å². The van der Waals surface area contributed by atoms with E-state index in [4.69, 9.17) is 16.3 Å². The van der Waals surface area contributed by atoms with E-state index in [1.807, 2.05) is 18.2 Å². The number of non-ortho nitro benzene ring substituents is 1. The summed E-state index contributed by atoms with van der Waals surface area (Å²) >= 11 is 7.39. The van der Waals surface area contributed by atoms with Crippen LogP contribution in [0.3, 0.4) is 0 Å². The van der Waals surface area contributed by atoms with Gasteiger partial charge in [-0.05, 0) is 29.8 Å². The lowest BCUT2D eigenvalue weighted by Gasteiger charge is -2.05. The lowest BCUT2D eigenvalue weighted by molar-refractivity contribution is -0.384. The van der Waals surface area contributed by atoms with Crippen molar-refractivity contribution in [1.82, 2.24) is 4.98 Å². The summed E-state index contributed by atoms with van der Waals surface area (Å²) in [6.45, 7) is 0. The Morgan fingerprint density at radius 3 is 2.89 bits per heavy atom. The number of anilines is 1. The van der Waals surface area contributed by atoms with Crippen LogP contribution in [-0.4, -0.2) is 22.9 Å². The number of carbonyl (C=O) groups is 1. The molecule has 3 aromatic rings. The highest BCUT2D eigenvalue weighted by molar-refractivity contribution is 7.16. The molecule has 0 atom stereocenters. The van der Waals surface area contributed by atoms with E-state index in [2.05, 4.69) is 10.3 Å². The molecule has 0 fully saturated rings. The Hall–Kier alpha value is -2.97. The van der Waals surface area contributed by atoms with Crippen molar-refractivity contribution in [2.75, 3.05) is 12.4 Å². The molecule has 1 heterocycles. The number of methoxy groups -OCH3 is 1. The Morgan fingerprint density at radius 2 is 2.15 bits per heavy atom. The second-order valence-electron chi connectivity index (χ2n) is 5.87. The molecule has 0 unspecified atom stereocenters. The van der Waals surface area contributed by atoms with Crippen LogP contribution in [-0.2, 0) is 6.42 Å². The first-order valence-electron chi connectivity index (χ1n) is 7.88. The normalized spacial score (nSPS) is 11.6. The van der Waals surface area contributed by atoms with Gasteiger partial charge in [0.1, 0.15) is 5.75 Å². The van der Waals surface area contributed by atoms with E-state index in [1.165, 1.54) is 23.5 Å². The van der Waals surface area contributed by atoms with Crippen LogP contribution in [0.2, 0.25) is 5.02 Å². The minimum atomic E-state index is -0.573. The van der Waals surface area contributed by atoms with Gasteiger partial charge in [-0.2, -0.15) is 0 Å². The molecule has 0 saturated carbocycles. The molecule has 27 heavy (non-hydrogen) atoms. The SMILES string of the molecule is COc1ccc2c(c1)Cc1sc(NC(=O)c3cc([N+](=O)[O-])ccc3Cl)nc1-2. The average Bonchev–Trinajstić information content (AvgIpc) is 3.17. The summed E-state index contributed by atoms with van der Waals surface area (Å²) in [5.74, 6) is 0.254. The summed E-state index contributed by atoms with van der Waals surface area (Å²) in [6.07, 6.45) is 0.715. The third-order valence-electron chi connectivity index (χ3n) is 4.24. The number of rotatable bonds is 4. The number of fused-ring (bicyclic) bond motifs is 3. The number of hydrogen-bond acceptors (Lipinski definition) is 6. The zero-order chi connectivity index (χ0) is 19.1. The van der Waals surface area contributed by atoms with E-state index in [1.54, 1.807) is 7.11 Å². The molecule has 9 heteroatoms. The molecule has 0 radical (unpaired) electrons. The molecular weight excluding hydrogens is 390 g/mol. The Bertz CT molecular complexity index is 1100. The molecule has 1 aromatic heterocycles. The standard InChI is InChI=1S/C18H12ClN3O4S/c1-26-11-3-4-12-9(6-11)7-15-16(12)20-18(27-15)21-17(23)13-8-10(22(24)25)2-5-14(13)19/h2-6,8H,7H2,1H3,(H,20,21,23). The molecule has 136 valence electrons. The van der Waals surface area contributed by atoms with E-state index < -0.39 is 10.8 Å². The minimum absolute atomic E-state index is 0.0337. The maximum absolute atomic E-state index is 12.5. The predicted octanol–water partition coefficient (Wildman–Crippen LogP) is 4.54. The Morgan fingerprint density at radius 1 is 1.33 bits per heavy atom. The van der Waals surface area contributed by atoms with Crippen molar-refractivity contribution in [3.63, 3.8) is 0 Å². The van der Waals surface area contributed by atoms with Crippen molar-refractivity contribution in [3.8, 4) is 17.0 Å². The zero-order valence-electron chi connectivity index (χ0n) is 14.0. The molecule has 1 aliphatic carbocycles. The third-order valence-corrected chi connectivity index (χ3v) is 5.54. The molecule has 1 N–H and O–H groups in total. The highest BCUT2D eigenvalue weighted by Crippen LogP contribution is 2.42. The Labute approximate surface area is 162 Å². The van der Waals surface area contributed by atoms with Gasteiger partial charge in [-0.15, -0.1) is 11.3 Å². The first-order chi connectivity index (χ1) is 13.0. The number of nitro benzene ring substituents is 1. The fourth-order valence-electron chi connectivity index (χ4n) is 2.95. The first kappa shape index (κ1) is 17.4. The number of halogens is 1. The molecule has 0 spiro atoms. The first-order valence-corrected chi connectivity index (χ1v) is 9.08. The molecule has 0 aliphatic heterocycles. The highest BCUT2D eigenvalue weighted by Gasteiger charge is 2.25.